The van der Waals surface area contributed by atoms with Crippen molar-refractivity contribution in [3.05, 3.63) is 0 Å². The minimum atomic E-state index is -0.0822. The topological polar surface area (TPSA) is 58.9 Å². The number of rotatable bonds is 3. The molecule has 0 aromatic rings. The molecule has 0 radical (unpaired) electrons. The highest BCUT2D eigenvalue weighted by Gasteiger charge is 2.02. The smallest absolute Gasteiger partial charge is 0.232 e. The summed E-state index contributed by atoms with van der Waals surface area (Å²) in [6.45, 7) is 3.57. The van der Waals surface area contributed by atoms with Crippen LogP contribution in [-0.2, 0) is 9.53 Å². The second-order valence-electron chi connectivity index (χ2n) is 1.81. The van der Waals surface area contributed by atoms with Gasteiger partial charge in [0.25, 0.3) is 0 Å². The van der Waals surface area contributed by atoms with Gasteiger partial charge in [0.05, 0.1) is 13.0 Å². The molecule has 58 valence electrons. The molecule has 0 atom stereocenters. The van der Waals surface area contributed by atoms with Crippen molar-refractivity contribution in [3.8, 4) is 0 Å². The molecule has 0 unspecified atom stereocenters. The number of Topliss-reactive ketones (excluding diaryl/α,β-unsaturated/α-hetero) is 1. The highest BCUT2D eigenvalue weighted by atomic mass is 16.5. The van der Waals surface area contributed by atoms with Crippen molar-refractivity contribution < 1.29 is 14.7 Å². The molecular formula is C6H11NO3. The lowest BCUT2D eigenvalue weighted by Gasteiger charge is -2.00. The SMILES string of the molecule is CCO/C(CC(C)=O)=N/O. The Morgan fingerprint density at radius 2 is 2.30 bits per heavy atom. The van der Waals surface area contributed by atoms with Gasteiger partial charge in [-0.1, -0.05) is 5.16 Å². The maximum atomic E-state index is 10.4. The normalized spacial score (nSPS) is 11.2. The predicted octanol–water partition coefficient (Wildman–Crippen LogP) is 0.790. The van der Waals surface area contributed by atoms with Gasteiger partial charge in [-0.05, 0) is 13.8 Å². The largest absolute Gasteiger partial charge is 0.479 e. The van der Waals surface area contributed by atoms with Gasteiger partial charge in [-0.25, -0.2) is 0 Å². The molecule has 4 heteroatoms. The van der Waals surface area contributed by atoms with Crippen LogP contribution in [-0.4, -0.2) is 23.5 Å². The number of ketones is 1. The van der Waals surface area contributed by atoms with E-state index in [2.05, 4.69) is 5.16 Å². The van der Waals surface area contributed by atoms with Gasteiger partial charge in [-0.3, -0.25) is 4.79 Å². The Morgan fingerprint density at radius 1 is 1.70 bits per heavy atom. The van der Waals surface area contributed by atoms with E-state index in [1.807, 2.05) is 0 Å². The molecular weight excluding hydrogens is 134 g/mol. The summed E-state index contributed by atoms with van der Waals surface area (Å²) in [7, 11) is 0. The van der Waals surface area contributed by atoms with Crippen molar-refractivity contribution in [3.63, 3.8) is 0 Å². The summed E-state index contributed by atoms with van der Waals surface area (Å²) in [6, 6.07) is 0. The minimum Gasteiger partial charge on any atom is -0.479 e. The van der Waals surface area contributed by atoms with Crippen LogP contribution in [0.1, 0.15) is 20.3 Å². The summed E-state index contributed by atoms with van der Waals surface area (Å²) in [5.74, 6) is -0.00347. The monoisotopic (exact) mass is 145 g/mol. The van der Waals surface area contributed by atoms with E-state index in [1.54, 1.807) is 6.92 Å². The second-order valence-corrected chi connectivity index (χ2v) is 1.81. The molecule has 1 N–H and O–H groups in total. The summed E-state index contributed by atoms with van der Waals surface area (Å²) in [5, 5.41) is 11.0. The molecule has 0 aliphatic heterocycles. The molecule has 0 spiro atoms. The number of oxime groups is 1. The van der Waals surface area contributed by atoms with E-state index in [0.29, 0.717) is 6.61 Å². The molecule has 0 aliphatic carbocycles. The Bertz CT molecular complexity index is 142. The van der Waals surface area contributed by atoms with E-state index in [1.165, 1.54) is 6.92 Å². The van der Waals surface area contributed by atoms with Gasteiger partial charge in [0.15, 0.2) is 0 Å². The fraction of sp³-hybridized carbons (Fsp3) is 0.667. The Hall–Kier alpha value is -1.06. The van der Waals surface area contributed by atoms with Crippen LogP contribution < -0.4 is 0 Å². The first kappa shape index (κ1) is 8.94. The zero-order valence-corrected chi connectivity index (χ0v) is 6.13. The van der Waals surface area contributed by atoms with Gasteiger partial charge in [-0.15, -0.1) is 0 Å². The van der Waals surface area contributed by atoms with Crippen LogP contribution in [0, 0.1) is 0 Å². The number of carbonyl (C=O) groups is 1. The number of hydrogen-bond acceptors (Lipinski definition) is 4. The molecule has 0 aromatic carbocycles. The average molecular weight is 145 g/mol. The summed E-state index contributed by atoms with van der Waals surface area (Å²) < 4.78 is 4.78. The van der Waals surface area contributed by atoms with Gasteiger partial charge in [0, 0.05) is 0 Å². The maximum absolute atomic E-state index is 10.4. The van der Waals surface area contributed by atoms with Crippen LogP contribution in [0.2, 0.25) is 0 Å². The quantitative estimate of drug-likeness (QED) is 0.276. The lowest BCUT2D eigenvalue weighted by Crippen LogP contribution is -2.08. The summed E-state index contributed by atoms with van der Waals surface area (Å²) >= 11 is 0. The van der Waals surface area contributed by atoms with E-state index in [9.17, 15) is 4.79 Å². The van der Waals surface area contributed by atoms with E-state index < -0.39 is 0 Å². The van der Waals surface area contributed by atoms with Crippen LogP contribution >= 0.6 is 0 Å². The highest BCUT2D eigenvalue weighted by molar-refractivity contribution is 5.96. The predicted molar refractivity (Wildman–Crippen MR) is 36.1 cm³/mol. The molecule has 4 nitrogen and oxygen atoms in total. The van der Waals surface area contributed by atoms with Crippen molar-refractivity contribution in [2.24, 2.45) is 5.16 Å². The Labute approximate surface area is 59.5 Å². The summed E-state index contributed by atoms with van der Waals surface area (Å²) in [6.07, 6.45) is 0.0599. The van der Waals surface area contributed by atoms with Crippen LogP contribution in [0.4, 0.5) is 0 Å². The van der Waals surface area contributed by atoms with Gasteiger partial charge >= 0.3 is 0 Å². The number of nitrogens with zero attached hydrogens (tertiary/aromatic N) is 1. The molecule has 0 bridgehead atoms. The van der Waals surface area contributed by atoms with Gasteiger partial charge in [0.2, 0.25) is 5.90 Å². The van der Waals surface area contributed by atoms with E-state index in [4.69, 9.17) is 9.94 Å². The second kappa shape index (κ2) is 4.78. The first-order chi connectivity index (χ1) is 4.70. The van der Waals surface area contributed by atoms with Gasteiger partial charge in [0.1, 0.15) is 5.78 Å². The lowest BCUT2D eigenvalue weighted by atomic mass is 10.3. The standard InChI is InChI=1S/C6H11NO3/c1-3-10-6(7-9)4-5(2)8/h9H,3-4H2,1-2H3/b7-6+. The fourth-order valence-electron chi connectivity index (χ4n) is 0.495. The van der Waals surface area contributed by atoms with Gasteiger partial charge < -0.3 is 9.94 Å². The molecule has 10 heavy (non-hydrogen) atoms. The molecule has 0 aromatic heterocycles. The average Bonchev–Trinajstić information content (AvgIpc) is 1.86. The first-order valence-electron chi connectivity index (χ1n) is 3.03. The molecule has 0 heterocycles. The molecule has 0 rings (SSSR count). The van der Waals surface area contributed by atoms with Crippen molar-refractivity contribution in [1.29, 1.82) is 0 Å². The highest BCUT2D eigenvalue weighted by Crippen LogP contribution is 1.89. The Balaban J connectivity index is 3.73. The summed E-state index contributed by atoms with van der Waals surface area (Å²) in [5.41, 5.74) is 0. The van der Waals surface area contributed by atoms with Crippen molar-refractivity contribution in [1.82, 2.24) is 0 Å². The molecule has 0 aliphatic rings. The third-order valence-electron chi connectivity index (χ3n) is 0.823. The maximum Gasteiger partial charge on any atom is 0.232 e. The third-order valence-corrected chi connectivity index (χ3v) is 0.823. The van der Waals surface area contributed by atoms with Crippen LogP contribution in [0.25, 0.3) is 0 Å². The lowest BCUT2D eigenvalue weighted by molar-refractivity contribution is -0.116. The Morgan fingerprint density at radius 3 is 2.60 bits per heavy atom. The molecule has 0 saturated heterocycles. The zero-order chi connectivity index (χ0) is 7.98. The number of carbonyl (C=O) groups excluding carboxylic acids is 1. The fourth-order valence-corrected chi connectivity index (χ4v) is 0.495. The van der Waals surface area contributed by atoms with Crippen molar-refractivity contribution in [2.45, 2.75) is 20.3 Å². The van der Waals surface area contributed by atoms with Crippen LogP contribution in [0.5, 0.6) is 0 Å². The van der Waals surface area contributed by atoms with Gasteiger partial charge in [-0.2, -0.15) is 0 Å². The molecule has 0 saturated carbocycles. The first-order valence-corrected chi connectivity index (χ1v) is 3.03. The summed E-state index contributed by atoms with van der Waals surface area (Å²) in [4.78, 5) is 10.4. The van der Waals surface area contributed by atoms with E-state index in [0.717, 1.165) is 0 Å². The minimum absolute atomic E-state index is 0.0599. The third kappa shape index (κ3) is 3.88. The van der Waals surface area contributed by atoms with Crippen LogP contribution in [0.3, 0.4) is 0 Å². The van der Waals surface area contributed by atoms with E-state index >= 15 is 0 Å². The zero-order valence-electron chi connectivity index (χ0n) is 6.13. The molecule has 0 fully saturated rings. The number of ether oxygens (including phenoxy) is 1. The number of hydrogen-bond donors (Lipinski definition) is 1. The Kier molecular flexibility index (Phi) is 4.28. The molecule has 0 amide bonds. The van der Waals surface area contributed by atoms with E-state index in [-0.39, 0.29) is 18.1 Å². The van der Waals surface area contributed by atoms with Crippen molar-refractivity contribution in [2.75, 3.05) is 6.61 Å². The van der Waals surface area contributed by atoms with Crippen molar-refractivity contribution >= 4 is 11.7 Å². The van der Waals surface area contributed by atoms with Crippen LogP contribution in [0.15, 0.2) is 5.16 Å².